The fourth-order valence-corrected chi connectivity index (χ4v) is 12.7. The minimum Gasteiger partial charge on any atom is -0.376 e. The number of phosphoric ester groups is 1. The van der Waals surface area contributed by atoms with Crippen molar-refractivity contribution < 1.29 is 50.8 Å². The Morgan fingerprint density at radius 1 is 1.04 bits per heavy atom. The highest BCUT2D eigenvalue weighted by atomic mass is 32.5. The van der Waals surface area contributed by atoms with Crippen LogP contribution in [0.25, 0.3) is 22.3 Å². The molecular weight excluding hydrogens is 949 g/mol. The maximum Gasteiger partial charge on any atom is 0.475 e. The van der Waals surface area contributed by atoms with Crippen LogP contribution in [0.1, 0.15) is 62.7 Å². The lowest BCUT2D eigenvalue weighted by Crippen LogP contribution is -2.37. The van der Waals surface area contributed by atoms with Gasteiger partial charge in [-0.15, -0.1) is 5.10 Å². The topological polar surface area (TPSA) is 317 Å². The van der Waals surface area contributed by atoms with E-state index in [9.17, 15) is 24.9 Å². The first-order valence-electron chi connectivity index (χ1n) is 21.5. The van der Waals surface area contributed by atoms with Gasteiger partial charge < -0.3 is 32.9 Å². The second kappa shape index (κ2) is 19.1. The number of aromatic nitrogens is 9. The van der Waals surface area contributed by atoms with Gasteiger partial charge in [-0.2, -0.15) is 20.2 Å². The number of nitrogens with one attached hydrogen (secondary N) is 3. The molecule has 11 atom stereocenters. The van der Waals surface area contributed by atoms with E-state index in [1.54, 1.807) is 50.5 Å². The summed E-state index contributed by atoms with van der Waals surface area (Å²) >= 11 is 6.11. The highest BCUT2D eigenvalue weighted by Gasteiger charge is 2.73. The summed E-state index contributed by atoms with van der Waals surface area (Å²) in [6, 6.07) is 12.3. The van der Waals surface area contributed by atoms with Crippen LogP contribution in [0.15, 0.2) is 47.8 Å². The zero-order chi connectivity index (χ0) is 48.0. The Bertz CT molecular complexity index is 2980. The maximum absolute atomic E-state index is 15.1. The number of carbonyl (C=O) groups is 2. The molecule has 4 aliphatic rings. The zero-order valence-corrected chi connectivity index (χ0v) is 39.5. The molecule has 68 heavy (non-hydrogen) atoms. The van der Waals surface area contributed by atoms with E-state index in [-0.39, 0.29) is 74.0 Å². The summed E-state index contributed by atoms with van der Waals surface area (Å²) in [6.07, 6.45) is -2.73. The Morgan fingerprint density at radius 2 is 1.81 bits per heavy atom. The minimum atomic E-state index is -4.74. The number of imidazole rings is 1. The smallest absolute Gasteiger partial charge is 0.376 e. The normalized spacial score (nSPS) is 31.2. The fourth-order valence-electron chi connectivity index (χ4n) is 9.06. The number of aromatic amines is 1. The fraction of sp³-hybridized carbons (Fsp3) is 0.525. The molecule has 9 rings (SSSR count). The van der Waals surface area contributed by atoms with Crippen LogP contribution in [0.4, 0.5) is 11.8 Å². The van der Waals surface area contributed by atoms with Crippen LogP contribution >= 0.6 is 14.5 Å². The molecule has 5 aromatic rings. The second-order valence-corrected chi connectivity index (χ2v) is 21.4. The van der Waals surface area contributed by atoms with Crippen LogP contribution in [-0.4, -0.2) is 114 Å². The molecule has 3 N–H and O–H groups in total. The van der Waals surface area contributed by atoms with Gasteiger partial charge in [-0.3, -0.25) is 38.3 Å². The molecule has 1 aromatic carbocycles. The molecule has 6 heterocycles. The first kappa shape index (κ1) is 47.6. The third kappa shape index (κ3) is 8.98. The molecule has 2 saturated carbocycles. The number of phosphoric acid groups is 1. The molecule has 1 spiro atoms. The summed E-state index contributed by atoms with van der Waals surface area (Å²) in [6.45, 7) is 0.289. The van der Waals surface area contributed by atoms with Crippen molar-refractivity contribution >= 4 is 72.3 Å². The van der Waals surface area contributed by atoms with E-state index in [1.165, 1.54) is 13.4 Å². The SMILES string of the molecule is CO[C@H]1[C@H]2OP(=O)(OCCC#N)OC[C@]34C[C@@H]3[C@@H](n3cnc5c(NC(=O)c6ccccc6)ncnc53)[C@H](C)[C@@H]4OP(=S)(OCCC#N)OC[C@H]1O[C@H]2n1nnc2c(=O)[nH]c(NC(=O)C(C)C)nc21. The highest BCUT2D eigenvalue weighted by molar-refractivity contribution is 8.07. The number of amides is 2. The molecular formula is C40H45N13O12P2S. The first-order chi connectivity index (χ1) is 32.7. The lowest BCUT2D eigenvalue weighted by Gasteiger charge is -2.34. The van der Waals surface area contributed by atoms with Crippen molar-refractivity contribution in [2.24, 2.45) is 23.2 Å². The summed E-state index contributed by atoms with van der Waals surface area (Å²) in [4.78, 5) is 59.4. The van der Waals surface area contributed by atoms with Crippen LogP contribution in [0, 0.1) is 45.8 Å². The van der Waals surface area contributed by atoms with E-state index in [4.69, 9.17) is 48.4 Å². The van der Waals surface area contributed by atoms with Crippen molar-refractivity contribution in [3.05, 3.63) is 58.9 Å². The van der Waals surface area contributed by atoms with Gasteiger partial charge in [0.2, 0.25) is 11.9 Å². The van der Waals surface area contributed by atoms with Gasteiger partial charge in [0.15, 0.2) is 34.4 Å². The molecule has 25 nitrogen and oxygen atoms in total. The molecule has 2 saturated heterocycles. The number of hydrogen-bond donors (Lipinski definition) is 3. The molecule has 0 radical (unpaired) electrons. The van der Waals surface area contributed by atoms with Crippen molar-refractivity contribution in [3.8, 4) is 12.1 Å². The molecule has 2 unspecified atom stereocenters. The van der Waals surface area contributed by atoms with Crippen molar-refractivity contribution in [1.82, 2.24) is 44.5 Å². The van der Waals surface area contributed by atoms with Gasteiger partial charge in [-0.25, -0.2) is 19.5 Å². The molecule has 2 aliphatic carbocycles. The number of carbonyl (C=O) groups excluding carboxylic acids is 2. The summed E-state index contributed by atoms with van der Waals surface area (Å²) in [7, 11) is -3.39. The predicted octanol–water partition coefficient (Wildman–Crippen LogP) is 4.32. The summed E-state index contributed by atoms with van der Waals surface area (Å²) in [5.41, 5.74) is -0.852. The van der Waals surface area contributed by atoms with Gasteiger partial charge in [0.25, 0.3) is 11.5 Å². The Morgan fingerprint density at radius 3 is 2.54 bits per heavy atom. The lowest BCUT2D eigenvalue weighted by atomic mass is 9.94. The Kier molecular flexibility index (Phi) is 13.4. The van der Waals surface area contributed by atoms with Crippen LogP contribution in [0.2, 0.25) is 0 Å². The van der Waals surface area contributed by atoms with Crippen LogP contribution in [0.3, 0.4) is 0 Å². The monoisotopic (exact) mass is 993 g/mol. The quantitative estimate of drug-likeness (QED) is 0.109. The molecule has 4 fully saturated rings. The van der Waals surface area contributed by atoms with Crippen molar-refractivity contribution in [2.75, 3.05) is 44.2 Å². The largest absolute Gasteiger partial charge is 0.475 e. The van der Waals surface area contributed by atoms with Gasteiger partial charge in [-0.05, 0) is 36.3 Å². The van der Waals surface area contributed by atoms with Gasteiger partial charge in [0.05, 0.1) is 63.8 Å². The molecule has 358 valence electrons. The standard InChI is InChI=1S/C40H45N13O12P2S/c1-21(2)35(54)48-39-47-34-27(37(56)49-39)50-51-53(34)38-30-29(58-4)25(63-38)17-61-67(68,60-15-9-13-42)65-31-22(3)28(24-16-40(24,31)18-62-66(57,64-30)59-14-8-12-41)52-20-45-26-32(43-19-44-33(26)52)46-36(55)23-10-6-5-7-11-23/h5-7,10-11,19-22,24-25,28-31,38H,8-9,14-18H2,1-4H3,(H,43,44,46,55)(H2,47,48,49,54,56)/t22-,24+,25+,28-,29+,30+,31-,38+,40+,66?,67?/m0/s1. The zero-order valence-electron chi connectivity index (χ0n) is 36.9. The number of benzene rings is 1. The third-order valence-electron chi connectivity index (χ3n) is 12.3. The predicted molar refractivity (Wildman–Crippen MR) is 238 cm³/mol. The summed E-state index contributed by atoms with van der Waals surface area (Å²) < 4.78 is 68.5. The summed E-state index contributed by atoms with van der Waals surface area (Å²) in [5.74, 6) is -1.93. The van der Waals surface area contributed by atoms with E-state index in [0.29, 0.717) is 23.1 Å². The van der Waals surface area contributed by atoms with E-state index < -0.39 is 79.9 Å². The highest BCUT2D eigenvalue weighted by Crippen LogP contribution is 2.74. The van der Waals surface area contributed by atoms with Crippen LogP contribution < -0.4 is 16.2 Å². The first-order valence-corrected chi connectivity index (χ1v) is 25.5. The Labute approximate surface area is 392 Å². The number of hydrogen-bond acceptors (Lipinski definition) is 21. The Balaban J connectivity index is 1.09. The third-order valence-corrected chi connectivity index (χ3v) is 16.1. The molecule has 2 bridgehead atoms. The number of methoxy groups -OCH3 is 1. The molecule has 28 heteroatoms. The number of nitriles is 2. The van der Waals surface area contributed by atoms with Gasteiger partial charge in [0, 0.05) is 36.0 Å². The van der Waals surface area contributed by atoms with E-state index in [1.807, 2.05) is 23.6 Å². The second-order valence-electron chi connectivity index (χ2n) is 16.8. The van der Waals surface area contributed by atoms with E-state index >= 15 is 4.57 Å². The maximum atomic E-state index is 15.1. The average Bonchev–Trinajstić information content (AvgIpc) is 3.60. The number of nitrogens with zero attached hydrogens (tertiary/aromatic N) is 10. The van der Waals surface area contributed by atoms with Gasteiger partial charge in [-0.1, -0.05) is 44.2 Å². The number of anilines is 2. The van der Waals surface area contributed by atoms with Crippen molar-refractivity contribution in [3.63, 3.8) is 0 Å². The molecule has 2 amide bonds. The van der Waals surface area contributed by atoms with Crippen molar-refractivity contribution in [2.45, 2.75) is 76.7 Å². The molecule has 4 aromatic heterocycles. The van der Waals surface area contributed by atoms with Gasteiger partial charge >= 0.3 is 14.5 Å². The van der Waals surface area contributed by atoms with E-state index in [0.717, 1.165) is 4.68 Å². The number of rotatable bonds is 13. The van der Waals surface area contributed by atoms with E-state index in [2.05, 4.69) is 45.9 Å². The van der Waals surface area contributed by atoms with Crippen LogP contribution in [0.5, 0.6) is 0 Å². The number of fused-ring (bicyclic) bond motifs is 4. The molecule has 2 aliphatic heterocycles. The lowest BCUT2D eigenvalue weighted by molar-refractivity contribution is -0.118. The number of ether oxygens (including phenoxy) is 2. The minimum absolute atomic E-state index is 0.0400. The Hall–Kier alpha value is -5.47. The average molecular weight is 994 g/mol. The summed E-state index contributed by atoms with van der Waals surface area (Å²) in [5, 5.41) is 32.5. The van der Waals surface area contributed by atoms with Crippen LogP contribution in [-0.2, 0) is 57.8 Å². The van der Waals surface area contributed by atoms with Crippen molar-refractivity contribution in [1.29, 1.82) is 10.5 Å². The van der Waals surface area contributed by atoms with Gasteiger partial charge in [0.1, 0.15) is 24.6 Å². The number of H-pyrrole nitrogens is 1.